The zero-order valence-electron chi connectivity index (χ0n) is 18.2. The third-order valence-electron chi connectivity index (χ3n) is 5.24. The normalized spacial score (nSPS) is 14.4. The van der Waals surface area contributed by atoms with Gasteiger partial charge in [0, 0.05) is 17.3 Å². The Morgan fingerprint density at radius 1 is 1.32 bits per heavy atom. The molecule has 1 amide bonds. The Hall–Kier alpha value is -2.13. The first-order valence-electron chi connectivity index (χ1n) is 10.8. The number of carbonyl (C=O) groups excluding carboxylic acids is 2. The van der Waals surface area contributed by atoms with Gasteiger partial charge in [0.2, 0.25) is 5.91 Å². The van der Waals surface area contributed by atoms with Crippen LogP contribution in [0.3, 0.4) is 0 Å². The smallest absolute Gasteiger partial charge is 0.341 e. The molecule has 1 N–H and O–H groups in total. The first-order chi connectivity index (χ1) is 15.1. The highest BCUT2D eigenvalue weighted by atomic mass is 32.2. The highest BCUT2D eigenvalue weighted by Crippen LogP contribution is 2.33. The van der Waals surface area contributed by atoms with Gasteiger partial charge in [-0.15, -0.1) is 28.1 Å². The van der Waals surface area contributed by atoms with Crippen LogP contribution >= 0.6 is 23.1 Å². The highest BCUT2D eigenvalue weighted by Gasteiger charge is 2.24. The molecule has 2 heterocycles. The van der Waals surface area contributed by atoms with Crippen LogP contribution in [0, 0.1) is 0 Å². The number of anilines is 1. The van der Waals surface area contributed by atoms with Gasteiger partial charge in [0.05, 0.1) is 17.9 Å². The van der Waals surface area contributed by atoms with Crippen LogP contribution in [0.5, 0.6) is 0 Å². The Kier molecular flexibility index (Phi) is 8.71. The molecule has 0 aromatic carbocycles. The lowest BCUT2D eigenvalue weighted by Crippen LogP contribution is -2.17. The molecule has 168 valence electrons. The molecule has 1 saturated carbocycles. The van der Waals surface area contributed by atoms with E-state index in [9.17, 15) is 9.59 Å². The van der Waals surface area contributed by atoms with Gasteiger partial charge >= 0.3 is 5.97 Å². The van der Waals surface area contributed by atoms with Gasteiger partial charge < -0.3 is 14.6 Å². The first kappa shape index (κ1) is 23.5. The lowest BCUT2D eigenvalue weighted by Gasteiger charge is -2.21. The van der Waals surface area contributed by atoms with Crippen molar-refractivity contribution in [1.82, 2.24) is 14.8 Å². The van der Waals surface area contributed by atoms with Crippen LogP contribution in [-0.4, -0.2) is 39.0 Å². The summed E-state index contributed by atoms with van der Waals surface area (Å²) in [6, 6.07) is 1.79. The van der Waals surface area contributed by atoms with E-state index in [-0.39, 0.29) is 11.7 Å². The number of esters is 1. The molecule has 1 fully saturated rings. The number of aryl methyl sites for hydroxylation is 1. The number of nitrogens with zero attached hydrogens (tertiary/aromatic N) is 3. The van der Waals surface area contributed by atoms with Crippen molar-refractivity contribution in [1.29, 1.82) is 0 Å². The molecule has 0 unspecified atom stereocenters. The molecule has 0 atom stereocenters. The van der Waals surface area contributed by atoms with Crippen LogP contribution in [0.2, 0.25) is 0 Å². The van der Waals surface area contributed by atoms with Gasteiger partial charge in [0.15, 0.2) is 5.16 Å². The van der Waals surface area contributed by atoms with Crippen LogP contribution in [0.25, 0.3) is 0 Å². The molecule has 9 heteroatoms. The van der Waals surface area contributed by atoms with Crippen molar-refractivity contribution in [2.75, 3.05) is 17.7 Å². The van der Waals surface area contributed by atoms with E-state index < -0.39 is 5.97 Å². The zero-order valence-corrected chi connectivity index (χ0v) is 19.8. The molecule has 7 nitrogen and oxygen atoms in total. The van der Waals surface area contributed by atoms with E-state index in [0.717, 1.165) is 35.1 Å². The summed E-state index contributed by atoms with van der Waals surface area (Å²) in [4.78, 5) is 25.9. The van der Waals surface area contributed by atoms with Gasteiger partial charge in [-0.05, 0) is 32.3 Å². The van der Waals surface area contributed by atoms with Crippen molar-refractivity contribution in [2.45, 2.75) is 70.0 Å². The summed E-state index contributed by atoms with van der Waals surface area (Å²) in [5.41, 5.74) is 0.413. The highest BCUT2D eigenvalue weighted by molar-refractivity contribution is 7.99. The molecule has 0 radical (unpaired) electrons. The van der Waals surface area contributed by atoms with Crippen LogP contribution in [0.4, 0.5) is 5.00 Å². The molecule has 3 rings (SSSR count). The van der Waals surface area contributed by atoms with E-state index in [2.05, 4.69) is 26.7 Å². The van der Waals surface area contributed by atoms with Gasteiger partial charge in [0.1, 0.15) is 10.8 Å². The summed E-state index contributed by atoms with van der Waals surface area (Å²) in [6.07, 6.45) is 8.62. The zero-order chi connectivity index (χ0) is 22.2. The van der Waals surface area contributed by atoms with E-state index in [4.69, 9.17) is 4.74 Å². The lowest BCUT2D eigenvalue weighted by atomic mass is 9.89. The van der Waals surface area contributed by atoms with Crippen molar-refractivity contribution < 1.29 is 14.3 Å². The van der Waals surface area contributed by atoms with Crippen LogP contribution in [0.15, 0.2) is 23.9 Å². The standard InChI is InChI=1S/C22H30N4O3S2/c1-4-12-26-19(15-10-8-7-9-11-15)24-25-22(26)30-14-18(27)23-20-17(21(28)29-6-3)13-16(5-2)31-20/h4,13,15H,1,5-12,14H2,2-3H3,(H,23,27). The fourth-order valence-electron chi connectivity index (χ4n) is 3.73. The van der Waals surface area contributed by atoms with Crippen molar-refractivity contribution in [2.24, 2.45) is 0 Å². The van der Waals surface area contributed by atoms with Crippen molar-refractivity contribution in [3.05, 3.63) is 35.0 Å². The maximum Gasteiger partial charge on any atom is 0.341 e. The number of aromatic nitrogens is 3. The number of rotatable bonds is 10. The van der Waals surface area contributed by atoms with Crippen molar-refractivity contribution >= 4 is 40.0 Å². The number of carbonyl (C=O) groups is 2. The molecular weight excluding hydrogens is 432 g/mol. The number of thioether (sulfide) groups is 1. The van der Waals surface area contributed by atoms with E-state index in [1.54, 1.807) is 13.0 Å². The predicted octanol–water partition coefficient (Wildman–Crippen LogP) is 5.04. The van der Waals surface area contributed by atoms with E-state index >= 15 is 0 Å². The molecule has 0 spiro atoms. The van der Waals surface area contributed by atoms with Crippen molar-refractivity contribution in [3.8, 4) is 0 Å². The molecule has 2 aromatic rings. The number of ether oxygens (including phenoxy) is 1. The minimum absolute atomic E-state index is 0.182. The van der Waals surface area contributed by atoms with Gasteiger partial charge in [-0.2, -0.15) is 0 Å². The number of nitrogens with one attached hydrogen (secondary N) is 1. The summed E-state index contributed by atoms with van der Waals surface area (Å²) in [5.74, 6) is 1.01. The summed E-state index contributed by atoms with van der Waals surface area (Å²) >= 11 is 2.76. The predicted molar refractivity (Wildman–Crippen MR) is 125 cm³/mol. The summed E-state index contributed by atoms with van der Waals surface area (Å²) in [7, 11) is 0. The second-order valence-corrected chi connectivity index (χ2v) is 9.52. The first-order valence-corrected chi connectivity index (χ1v) is 12.6. The molecule has 31 heavy (non-hydrogen) atoms. The fourth-order valence-corrected chi connectivity index (χ4v) is 5.49. The number of amides is 1. The molecule has 0 saturated heterocycles. The average molecular weight is 463 g/mol. The Balaban J connectivity index is 1.67. The lowest BCUT2D eigenvalue weighted by molar-refractivity contribution is -0.113. The topological polar surface area (TPSA) is 86.1 Å². The Morgan fingerprint density at radius 3 is 2.77 bits per heavy atom. The number of hydrogen-bond donors (Lipinski definition) is 1. The summed E-state index contributed by atoms with van der Waals surface area (Å²) < 4.78 is 7.20. The number of hydrogen-bond acceptors (Lipinski definition) is 7. The van der Waals surface area contributed by atoms with Crippen LogP contribution < -0.4 is 5.32 Å². The second-order valence-electron chi connectivity index (χ2n) is 7.44. The molecular formula is C22H30N4O3S2. The van der Waals surface area contributed by atoms with Crippen molar-refractivity contribution in [3.63, 3.8) is 0 Å². The van der Waals surface area contributed by atoms with E-state index in [0.29, 0.717) is 29.6 Å². The summed E-state index contributed by atoms with van der Waals surface area (Å²) in [5, 5.41) is 12.9. The van der Waals surface area contributed by atoms with E-state index in [1.807, 2.05) is 13.0 Å². The maximum atomic E-state index is 12.6. The molecule has 1 aliphatic rings. The van der Waals surface area contributed by atoms with Gasteiger partial charge in [0.25, 0.3) is 0 Å². The Morgan fingerprint density at radius 2 is 2.10 bits per heavy atom. The average Bonchev–Trinajstić information content (AvgIpc) is 3.37. The number of thiophene rings is 1. The van der Waals surface area contributed by atoms with Crippen LogP contribution in [-0.2, 0) is 22.5 Å². The summed E-state index contributed by atoms with van der Waals surface area (Å²) in [6.45, 7) is 8.55. The van der Waals surface area contributed by atoms with Gasteiger partial charge in [-0.3, -0.25) is 4.79 Å². The van der Waals surface area contributed by atoms with Crippen LogP contribution in [0.1, 0.15) is 72.9 Å². The number of allylic oxidation sites excluding steroid dienone is 1. The molecule has 1 aliphatic carbocycles. The molecule has 0 bridgehead atoms. The molecule has 0 aliphatic heterocycles. The third kappa shape index (κ3) is 5.98. The Bertz CT molecular complexity index is 916. The SMILES string of the molecule is C=CCn1c(SCC(=O)Nc2sc(CC)cc2C(=O)OCC)nnc1C1CCCCC1. The maximum absolute atomic E-state index is 12.6. The minimum atomic E-state index is -0.413. The molecule has 2 aromatic heterocycles. The van der Waals surface area contributed by atoms with Gasteiger partial charge in [-0.25, -0.2) is 4.79 Å². The second kappa shape index (κ2) is 11.5. The van der Waals surface area contributed by atoms with E-state index in [1.165, 1.54) is 42.4 Å². The monoisotopic (exact) mass is 462 g/mol. The fraction of sp³-hybridized carbons (Fsp3) is 0.545. The minimum Gasteiger partial charge on any atom is -0.462 e. The Labute approximate surface area is 191 Å². The van der Waals surface area contributed by atoms with Gasteiger partial charge in [-0.1, -0.05) is 44.0 Å². The third-order valence-corrected chi connectivity index (χ3v) is 7.40. The quantitative estimate of drug-likeness (QED) is 0.302. The largest absolute Gasteiger partial charge is 0.462 e.